The van der Waals surface area contributed by atoms with Gasteiger partial charge in [0.1, 0.15) is 6.29 Å². The fourth-order valence-electron chi connectivity index (χ4n) is 1.09. The number of carbonyl (C=O) groups excluding carboxylic acids is 1. The highest BCUT2D eigenvalue weighted by Crippen LogP contribution is 2.10. The highest BCUT2D eigenvalue weighted by atomic mass is 16.1. The van der Waals surface area contributed by atoms with Crippen LogP contribution in [0.4, 0.5) is 0 Å². The molecule has 0 N–H and O–H groups in total. The Morgan fingerprint density at radius 2 is 2.33 bits per heavy atom. The second kappa shape index (κ2) is 3.68. The summed E-state index contributed by atoms with van der Waals surface area (Å²) in [6.07, 6.45) is 1.14. The average Bonchev–Trinajstić information content (AvgIpc) is 2.05. The first-order chi connectivity index (χ1) is 5.77. The first-order valence-corrected chi connectivity index (χ1v) is 3.71. The van der Waals surface area contributed by atoms with Crippen molar-refractivity contribution < 1.29 is 4.79 Å². The molecular weight excluding hydrogens is 150 g/mol. The first-order valence-electron chi connectivity index (χ1n) is 3.71. The molecule has 1 aromatic rings. The zero-order chi connectivity index (χ0) is 8.97. The molecule has 0 heterocycles. The number of rotatable bonds is 2. The molecule has 0 spiro atoms. The van der Waals surface area contributed by atoms with Gasteiger partial charge in [0.2, 0.25) is 0 Å². The van der Waals surface area contributed by atoms with Crippen LogP contribution >= 0.6 is 0 Å². The predicted molar refractivity (Wildman–Crippen MR) is 45.7 cm³/mol. The Bertz CT molecular complexity index is 336. The summed E-state index contributed by atoms with van der Waals surface area (Å²) in [7, 11) is 0. The molecule has 2 nitrogen and oxygen atoms in total. The van der Waals surface area contributed by atoms with E-state index in [1.165, 1.54) is 0 Å². The largest absolute Gasteiger partial charge is 0.303 e. The fourth-order valence-corrected chi connectivity index (χ4v) is 1.09. The predicted octanol–water partition coefficient (Wildman–Crippen LogP) is 1.61. The van der Waals surface area contributed by atoms with Gasteiger partial charge in [-0.2, -0.15) is 5.26 Å². The van der Waals surface area contributed by atoms with Gasteiger partial charge in [0.15, 0.2) is 0 Å². The van der Waals surface area contributed by atoms with Crippen molar-refractivity contribution in [3.05, 3.63) is 34.9 Å². The van der Waals surface area contributed by atoms with Crippen LogP contribution in [0.1, 0.15) is 16.7 Å². The van der Waals surface area contributed by atoms with Gasteiger partial charge in [-0.3, -0.25) is 0 Å². The van der Waals surface area contributed by atoms with E-state index in [1.807, 2.05) is 25.1 Å². The average molecular weight is 159 g/mol. The number of nitrogens with zero attached hydrogens (tertiary/aromatic N) is 1. The van der Waals surface area contributed by atoms with Gasteiger partial charge in [-0.15, -0.1) is 0 Å². The molecule has 0 aliphatic rings. The van der Waals surface area contributed by atoms with E-state index < -0.39 is 0 Å². The Balaban J connectivity index is 3.14. The van der Waals surface area contributed by atoms with Crippen LogP contribution in [0.25, 0.3) is 0 Å². The van der Waals surface area contributed by atoms with Gasteiger partial charge in [0.25, 0.3) is 0 Å². The maximum absolute atomic E-state index is 10.2. The molecule has 0 radical (unpaired) electrons. The van der Waals surface area contributed by atoms with E-state index in [0.717, 1.165) is 17.4 Å². The molecule has 0 amide bonds. The van der Waals surface area contributed by atoms with E-state index in [1.54, 1.807) is 6.07 Å². The number of nitriles is 1. The number of aldehydes is 1. The molecule has 0 aliphatic heterocycles. The third-order valence-corrected chi connectivity index (χ3v) is 1.68. The van der Waals surface area contributed by atoms with E-state index in [2.05, 4.69) is 0 Å². The number of aryl methyl sites for hydroxylation is 1. The Morgan fingerprint density at radius 1 is 1.58 bits per heavy atom. The summed E-state index contributed by atoms with van der Waals surface area (Å²) in [5.41, 5.74) is 2.48. The summed E-state index contributed by atoms with van der Waals surface area (Å²) in [4.78, 5) is 10.2. The van der Waals surface area contributed by atoms with Crippen LogP contribution in [-0.2, 0) is 11.2 Å². The summed E-state index contributed by atoms with van der Waals surface area (Å²) in [5.74, 6) is 0. The van der Waals surface area contributed by atoms with Gasteiger partial charge >= 0.3 is 0 Å². The molecule has 2 heteroatoms. The lowest BCUT2D eigenvalue weighted by Crippen LogP contribution is -1.91. The third kappa shape index (κ3) is 1.70. The number of hydrogen-bond acceptors (Lipinski definition) is 2. The van der Waals surface area contributed by atoms with Crippen molar-refractivity contribution in [1.82, 2.24) is 0 Å². The molecule has 0 bridgehead atoms. The topological polar surface area (TPSA) is 40.9 Å². The lowest BCUT2D eigenvalue weighted by molar-refractivity contribution is -0.107. The van der Waals surface area contributed by atoms with Crippen LogP contribution in [0.15, 0.2) is 18.2 Å². The van der Waals surface area contributed by atoms with E-state index in [0.29, 0.717) is 12.0 Å². The molecule has 0 fully saturated rings. The van der Waals surface area contributed by atoms with Crippen LogP contribution in [0.5, 0.6) is 0 Å². The zero-order valence-electron chi connectivity index (χ0n) is 6.87. The van der Waals surface area contributed by atoms with Crippen molar-refractivity contribution >= 4 is 6.29 Å². The maximum Gasteiger partial charge on any atom is 0.124 e. The fraction of sp³-hybridized carbons (Fsp3) is 0.200. The van der Waals surface area contributed by atoms with E-state index in [4.69, 9.17) is 5.26 Å². The lowest BCUT2D eigenvalue weighted by atomic mass is 10.0. The Hall–Kier alpha value is -1.62. The van der Waals surface area contributed by atoms with Crippen molar-refractivity contribution in [2.75, 3.05) is 0 Å². The molecule has 1 aromatic carbocycles. The van der Waals surface area contributed by atoms with Crippen molar-refractivity contribution in [2.24, 2.45) is 0 Å². The van der Waals surface area contributed by atoms with Gasteiger partial charge in [-0.05, 0) is 18.6 Å². The summed E-state index contributed by atoms with van der Waals surface area (Å²) < 4.78 is 0. The normalized spacial score (nSPS) is 9.00. The van der Waals surface area contributed by atoms with Crippen LogP contribution in [-0.4, -0.2) is 6.29 Å². The number of benzene rings is 1. The molecule has 12 heavy (non-hydrogen) atoms. The summed E-state index contributed by atoms with van der Waals surface area (Å²) >= 11 is 0. The second-order valence-electron chi connectivity index (χ2n) is 2.64. The molecule has 0 atom stereocenters. The standard InChI is InChI=1S/C10H9NO/c1-8-2-3-10(7-11)9(6-8)4-5-12/h2-3,5-6H,4H2,1H3. The molecule has 0 saturated heterocycles. The van der Waals surface area contributed by atoms with Gasteiger partial charge in [-0.25, -0.2) is 0 Å². The zero-order valence-corrected chi connectivity index (χ0v) is 6.87. The van der Waals surface area contributed by atoms with Crippen molar-refractivity contribution in [3.8, 4) is 6.07 Å². The SMILES string of the molecule is Cc1ccc(C#N)c(CC=O)c1. The maximum atomic E-state index is 10.2. The van der Waals surface area contributed by atoms with Crippen molar-refractivity contribution in [1.29, 1.82) is 5.26 Å². The third-order valence-electron chi connectivity index (χ3n) is 1.68. The minimum absolute atomic E-state index is 0.324. The van der Waals surface area contributed by atoms with Crippen molar-refractivity contribution in [2.45, 2.75) is 13.3 Å². The number of hydrogen-bond donors (Lipinski definition) is 0. The Morgan fingerprint density at radius 3 is 2.92 bits per heavy atom. The minimum Gasteiger partial charge on any atom is -0.303 e. The van der Waals surface area contributed by atoms with E-state index in [-0.39, 0.29) is 0 Å². The van der Waals surface area contributed by atoms with Crippen LogP contribution in [0, 0.1) is 18.3 Å². The second-order valence-corrected chi connectivity index (χ2v) is 2.64. The van der Waals surface area contributed by atoms with Crippen LogP contribution in [0.2, 0.25) is 0 Å². The summed E-state index contributed by atoms with van der Waals surface area (Å²) in [5, 5.41) is 8.67. The minimum atomic E-state index is 0.324. The Labute approximate surface area is 71.4 Å². The molecular formula is C10H9NO. The van der Waals surface area contributed by atoms with Gasteiger partial charge in [-0.1, -0.05) is 17.7 Å². The van der Waals surface area contributed by atoms with Crippen molar-refractivity contribution in [3.63, 3.8) is 0 Å². The number of carbonyl (C=O) groups is 1. The molecule has 0 aromatic heterocycles. The molecule has 0 unspecified atom stereocenters. The summed E-state index contributed by atoms with van der Waals surface area (Å²) in [6, 6.07) is 7.53. The van der Waals surface area contributed by atoms with E-state index in [9.17, 15) is 4.79 Å². The van der Waals surface area contributed by atoms with E-state index >= 15 is 0 Å². The Kier molecular flexibility index (Phi) is 2.60. The molecule has 0 aliphatic carbocycles. The summed E-state index contributed by atoms with van der Waals surface area (Å²) in [6.45, 7) is 1.94. The van der Waals surface area contributed by atoms with Gasteiger partial charge < -0.3 is 4.79 Å². The quantitative estimate of drug-likeness (QED) is 0.615. The highest BCUT2D eigenvalue weighted by molar-refractivity contribution is 5.58. The molecule has 0 saturated carbocycles. The van der Waals surface area contributed by atoms with Crippen LogP contribution in [0.3, 0.4) is 0 Å². The smallest absolute Gasteiger partial charge is 0.124 e. The van der Waals surface area contributed by atoms with Gasteiger partial charge in [0.05, 0.1) is 11.6 Å². The monoisotopic (exact) mass is 159 g/mol. The lowest BCUT2D eigenvalue weighted by Gasteiger charge is -1.99. The molecule has 60 valence electrons. The highest BCUT2D eigenvalue weighted by Gasteiger charge is 2.00. The molecule has 1 rings (SSSR count). The van der Waals surface area contributed by atoms with Crippen LogP contribution < -0.4 is 0 Å². The van der Waals surface area contributed by atoms with Gasteiger partial charge in [0, 0.05) is 6.42 Å². The first kappa shape index (κ1) is 8.48.